The summed E-state index contributed by atoms with van der Waals surface area (Å²) < 4.78 is 0. The van der Waals surface area contributed by atoms with Crippen molar-refractivity contribution in [1.29, 1.82) is 0 Å². The lowest BCUT2D eigenvalue weighted by Crippen LogP contribution is -2.39. The van der Waals surface area contributed by atoms with Gasteiger partial charge >= 0.3 is 0 Å². The molecule has 1 heterocycles. The van der Waals surface area contributed by atoms with E-state index >= 15 is 0 Å². The minimum atomic E-state index is -0.222. The van der Waals surface area contributed by atoms with Crippen LogP contribution in [0.4, 0.5) is 0 Å². The van der Waals surface area contributed by atoms with E-state index in [4.69, 9.17) is 0 Å². The third-order valence-electron chi connectivity index (χ3n) is 4.11. The lowest BCUT2D eigenvalue weighted by Gasteiger charge is -2.32. The van der Waals surface area contributed by atoms with Crippen molar-refractivity contribution >= 4 is 5.91 Å². The maximum atomic E-state index is 12.2. The molecule has 1 unspecified atom stereocenters. The smallest absolute Gasteiger partial charge is 0.222 e. The van der Waals surface area contributed by atoms with Crippen LogP contribution in [0.2, 0.25) is 0 Å². The Bertz CT molecular complexity index is 408. The zero-order chi connectivity index (χ0) is 14.4. The fourth-order valence-electron chi connectivity index (χ4n) is 2.95. The van der Waals surface area contributed by atoms with Gasteiger partial charge in [0.1, 0.15) is 0 Å². The summed E-state index contributed by atoms with van der Waals surface area (Å²) in [4.78, 5) is 14.2. The summed E-state index contributed by atoms with van der Waals surface area (Å²) in [7, 11) is 0. The first-order valence-electron chi connectivity index (χ1n) is 7.65. The normalized spacial score (nSPS) is 18.0. The molecule has 1 atom stereocenters. The minimum absolute atomic E-state index is 0.222. The van der Waals surface area contributed by atoms with Crippen molar-refractivity contribution in [2.45, 2.75) is 45.1 Å². The first-order valence-corrected chi connectivity index (χ1v) is 7.65. The van der Waals surface area contributed by atoms with Gasteiger partial charge in [0.25, 0.3) is 0 Å². The first kappa shape index (κ1) is 15.0. The summed E-state index contributed by atoms with van der Waals surface area (Å²) in [6.07, 6.45) is 4.13. The van der Waals surface area contributed by atoms with E-state index in [2.05, 4.69) is 12.1 Å². The van der Waals surface area contributed by atoms with E-state index in [0.717, 1.165) is 38.8 Å². The van der Waals surface area contributed by atoms with E-state index in [0.29, 0.717) is 12.3 Å². The maximum absolute atomic E-state index is 12.2. The van der Waals surface area contributed by atoms with Crippen molar-refractivity contribution in [3.63, 3.8) is 0 Å². The van der Waals surface area contributed by atoms with Crippen molar-refractivity contribution < 1.29 is 9.90 Å². The summed E-state index contributed by atoms with van der Waals surface area (Å²) in [5, 5.41) is 9.41. The molecule has 1 aliphatic rings. The number of aliphatic hydroxyl groups excluding tert-OH is 1. The fraction of sp³-hybridized carbons (Fsp3) is 0.588. The molecule has 2 rings (SSSR count). The van der Waals surface area contributed by atoms with Gasteiger partial charge in [-0.3, -0.25) is 4.79 Å². The zero-order valence-electron chi connectivity index (χ0n) is 12.3. The highest BCUT2D eigenvalue weighted by Crippen LogP contribution is 2.22. The lowest BCUT2D eigenvalue weighted by molar-refractivity contribution is -0.132. The van der Waals surface area contributed by atoms with E-state index in [1.165, 1.54) is 5.56 Å². The Balaban J connectivity index is 1.72. The largest absolute Gasteiger partial charge is 0.393 e. The van der Waals surface area contributed by atoms with Crippen LogP contribution in [-0.4, -0.2) is 35.1 Å². The first-order chi connectivity index (χ1) is 9.65. The molecule has 0 saturated carbocycles. The van der Waals surface area contributed by atoms with E-state index in [9.17, 15) is 9.90 Å². The van der Waals surface area contributed by atoms with E-state index in [1.54, 1.807) is 0 Å². The molecule has 1 aliphatic heterocycles. The number of piperidine rings is 1. The predicted molar refractivity (Wildman–Crippen MR) is 80.4 cm³/mol. The number of hydrogen-bond donors (Lipinski definition) is 1. The molecule has 110 valence electrons. The highest BCUT2D eigenvalue weighted by Gasteiger charge is 2.23. The molecule has 0 aromatic heterocycles. The van der Waals surface area contributed by atoms with Crippen LogP contribution in [0.1, 0.15) is 38.2 Å². The summed E-state index contributed by atoms with van der Waals surface area (Å²) >= 11 is 0. The Kier molecular flexibility index (Phi) is 5.60. The van der Waals surface area contributed by atoms with Crippen LogP contribution in [0.25, 0.3) is 0 Å². The van der Waals surface area contributed by atoms with Crippen molar-refractivity contribution in [2.24, 2.45) is 5.92 Å². The molecule has 0 radical (unpaired) electrons. The Hall–Kier alpha value is -1.35. The van der Waals surface area contributed by atoms with E-state index < -0.39 is 0 Å². The Morgan fingerprint density at radius 1 is 1.30 bits per heavy atom. The van der Waals surface area contributed by atoms with Crippen LogP contribution in [0.5, 0.6) is 0 Å². The van der Waals surface area contributed by atoms with Crippen LogP contribution in [0.3, 0.4) is 0 Å². The van der Waals surface area contributed by atoms with Crippen LogP contribution < -0.4 is 0 Å². The number of hydrogen-bond acceptors (Lipinski definition) is 2. The van der Waals surface area contributed by atoms with Crippen molar-refractivity contribution in [2.75, 3.05) is 13.1 Å². The van der Waals surface area contributed by atoms with Crippen LogP contribution in [0, 0.1) is 5.92 Å². The Morgan fingerprint density at radius 3 is 2.55 bits per heavy atom. The average Bonchev–Trinajstić information content (AvgIpc) is 2.46. The Labute approximate surface area is 121 Å². The predicted octanol–water partition coefficient (Wildman–Crippen LogP) is 2.63. The van der Waals surface area contributed by atoms with Crippen LogP contribution in [-0.2, 0) is 11.2 Å². The van der Waals surface area contributed by atoms with Gasteiger partial charge in [0.2, 0.25) is 5.91 Å². The zero-order valence-corrected chi connectivity index (χ0v) is 12.3. The van der Waals surface area contributed by atoms with Gasteiger partial charge in [-0.1, -0.05) is 30.3 Å². The van der Waals surface area contributed by atoms with Crippen LogP contribution in [0.15, 0.2) is 30.3 Å². The molecule has 1 aromatic rings. The highest BCUT2D eigenvalue weighted by atomic mass is 16.3. The quantitative estimate of drug-likeness (QED) is 0.897. The highest BCUT2D eigenvalue weighted by molar-refractivity contribution is 5.76. The molecule has 1 fully saturated rings. The fourth-order valence-corrected chi connectivity index (χ4v) is 2.95. The number of aryl methyl sites for hydroxylation is 1. The molecule has 3 nitrogen and oxygen atoms in total. The van der Waals surface area contributed by atoms with Gasteiger partial charge in [-0.25, -0.2) is 0 Å². The number of likely N-dealkylation sites (tertiary alicyclic amines) is 1. The van der Waals surface area contributed by atoms with Gasteiger partial charge in [0.15, 0.2) is 0 Å². The third kappa shape index (κ3) is 4.64. The van der Waals surface area contributed by atoms with Gasteiger partial charge in [0.05, 0.1) is 6.10 Å². The number of nitrogens with zero attached hydrogens (tertiary/aromatic N) is 1. The summed E-state index contributed by atoms with van der Waals surface area (Å²) in [6, 6.07) is 10.2. The Morgan fingerprint density at radius 2 is 1.95 bits per heavy atom. The molecule has 20 heavy (non-hydrogen) atoms. The summed E-state index contributed by atoms with van der Waals surface area (Å²) in [5.74, 6) is 0.845. The molecule has 0 aliphatic carbocycles. The standard InChI is InChI=1S/C17H25NO2/c1-14(19)13-16-9-11-18(12-10-16)17(20)8-7-15-5-3-2-4-6-15/h2-6,14,16,19H,7-13H2,1H3. The molecule has 1 amide bonds. The molecule has 0 spiro atoms. The third-order valence-corrected chi connectivity index (χ3v) is 4.11. The molecule has 0 bridgehead atoms. The number of aliphatic hydroxyl groups is 1. The molecule has 1 N–H and O–H groups in total. The number of benzene rings is 1. The van der Waals surface area contributed by atoms with Gasteiger partial charge in [-0.05, 0) is 44.1 Å². The monoisotopic (exact) mass is 275 g/mol. The number of amides is 1. The van der Waals surface area contributed by atoms with Crippen molar-refractivity contribution in [3.8, 4) is 0 Å². The lowest BCUT2D eigenvalue weighted by atomic mass is 9.91. The summed E-state index contributed by atoms with van der Waals surface area (Å²) in [6.45, 7) is 3.55. The topological polar surface area (TPSA) is 40.5 Å². The molecule has 1 saturated heterocycles. The number of carbonyl (C=O) groups excluding carboxylic acids is 1. The average molecular weight is 275 g/mol. The van der Waals surface area contributed by atoms with E-state index in [1.807, 2.05) is 30.0 Å². The second-order valence-corrected chi connectivity index (χ2v) is 5.89. The minimum Gasteiger partial charge on any atom is -0.393 e. The second kappa shape index (κ2) is 7.44. The maximum Gasteiger partial charge on any atom is 0.222 e. The summed E-state index contributed by atoms with van der Waals surface area (Å²) in [5.41, 5.74) is 1.23. The SMILES string of the molecule is CC(O)CC1CCN(C(=O)CCc2ccccc2)CC1. The molecule has 3 heteroatoms. The van der Waals surface area contributed by atoms with E-state index in [-0.39, 0.29) is 12.0 Å². The van der Waals surface area contributed by atoms with Crippen molar-refractivity contribution in [1.82, 2.24) is 4.90 Å². The van der Waals surface area contributed by atoms with Gasteiger partial charge in [-0.15, -0.1) is 0 Å². The van der Waals surface area contributed by atoms with Crippen molar-refractivity contribution in [3.05, 3.63) is 35.9 Å². The number of rotatable bonds is 5. The molecular formula is C17H25NO2. The van der Waals surface area contributed by atoms with Gasteiger partial charge in [-0.2, -0.15) is 0 Å². The van der Waals surface area contributed by atoms with Crippen LogP contribution >= 0.6 is 0 Å². The van der Waals surface area contributed by atoms with Gasteiger partial charge in [0, 0.05) is 19.5 Å². The van der Waals surface area contributed by atoms with Gasteiger partial charge < -0.3 is 10.0 Å². The molecule has 1 aromatic carbocycles. The second-order valence-electron chi connectivity index (χ2n) is 5.89. The molecular weight excluding hydrogens is 250 g/mol. The number of carbonyl (C=O) groups is 1.